The van der Waals surface area contributed by atoms with Crippen molar-refractivity contribution < 1.29 is 18.0 Å². The highest BCUT2D eigenvalue weighted by molar-refractivity contribution is 7.89. The molecule has 1 aliphatic rings. The first-order chi connectivity index (χ1) is 13.7. The molecule has 29 heavy (non-hydrogen) atoms. The molecule has 1 aromatic carbocycles. The van der Waals surface area contributed by atoms with Gasteiger partial charge in [0.1, 0.15) is 5.52 Å². The molecule has 0 saturated carbocycles. The molecule has 3 rings (SSSR count). The van der Waals surface area contributed by atoms with Gasteiger partial charge in [-0.1, -0.05) is 5.21 Å². The van der Waals surface area contributed by atoms with E-state index in [4.69, 9.17) is 5.73 Å². The van der Waals surface area contributed by atoms with Crippen molar-refractivity contribution in [2.45, 2.75) is 37.1 Å². The molecule has 1 aliphatic heterocycles. The van der Waals surface area contributed by atoms with Gasteiger partial charge < -0.3 is 10.6 Å². The number of nitrogens with zero attached hydrogens (tertiary/aromatic N) is 5. The molecule has 158 valence electrons. The Hall–Kier alpha value is -2.53. The summed E-state index contributed by atoms with van der Waals surface area (Å²) in [4.78, 5) is 25.5. The van der Waals surface area contributed by atoms with Crippen LogP contribution in [0.1, 0.15) is 25.7 Å². The number of likely N-dealkylation sites (tertiary alicyclic amines) is 1. The molecule has 11 heteroatoms. The second-order valence-electron chi connectivity index (χ2n) is 7.41. The number of rotatable bonds is 7. The van der Waals surface area contributed by atoms with Crippen molar-refractivity contribution in [1.82, 2.24) is 24.2 Å². The summed E-state index contributed by atoms with van der Waals surface area (Å²) in [5, 5.41) is 8.14. The number of benzene rings is 1. The smallest absolute Gasteiger partial charge is 0.242 e. The molecular weight excluding hydrogens is 396 g/mol. The van der Waals surface area contributed by atoms with Crippen molar-refractivity contribution in [3.8, 4) is 0 Å². The van der Waals surface area contributed by atoms with E-state index in [-0.39, 0.29) is 22.6 Å². The summed E-state index contributed by atoms with van der Waals surface area (Å²) >= 11 is 0. The van der Waals surface area contributed by atoms with E-state index < -0.39 is 10.0 Å². The second-order valence-corrected chi connectivity index (χ2v) is 9.56. The first-order valence-electron chi connectivity index (χ1n) is 9.53. The van der Waals surface area contributed by atoms with E-state index in [0.717, 1.165) is 9.82 Å². The average Bonchev–Trinajstić information content (AvgIpc) is 3.10. The van der Waals surface area contributed by atoms with Crippen molar-refractivity contribution in [3.63, 3.8) is 0 Å². The van der Waals surface area contributed by atoms with E-state index in [0.29, 0.717) is 50.8 Å². The van der Waals surface area contributed by atoms with Gasteiger partial charge in [-0.3, -0.25) is 9.59 Å². The van der Waals surface area contributed by atoms with Gasteiger partial charge in [-0.05, 0) is 37.5 Å². The predicted octanol–water partition coefficient (Wildman–Crippen LogP) is 0.186. The summed E-state index contributed by atoms with van der Waals surface area (Å²) in [6.45, 7) is 1.61. The standard InChI is InChI=1S/C18H26N6O4S/c1-22(2)29(27,28)14-5-6-16-15(12-14)20-21-24(16)9-3-4-17(25)23-10-7-13(8-11-23)18(19)26/h5-6,12-13H,3-4,7-11H2,1-2H3,(H2,19,26). The summed E-state index contributed by atoms with van der Waals surface area (Å²) in [6.07, 6.45) is 2.19. The number of sulfonamides is 1. The quantitative estimate of drug-likeness (QED) is 0.677. The number of fused-ring (bicyclic) bond motifs is 1. The highest BCUT2D eigenvalue weighted by Crippen LogP contribution is 2.20. The number of hydrogen-bond donors (Lipinski definition) is 1. The lowest BCUT2D eigenvalue weighted by Crippen LogP contribution is -2.41. The van der Waals surface area contributed by atoms with Crippen LogP contribution >= 0.6 is 0 Å². The Morgan fingerprint density at radius 2 is 1.93 bits per heavy atom. The van der Waals surface area contributed by atoms with Crippen molar-refractivity contribution >= 4 is 32.9 Å². The van der Waals surface area contributed by atoms with Gasteiger partial charge in [-0.2, -0.15) is 0 Å². The normalized spacial score (nSPS) is 15.9. The Kier molecular flexibility index (Phi) is 6.18. The molecule has 0 aliphatic carbocycles. The highest BCUT2D eigenvalue weighted by Gasteiger charge is 2.25. The molecule has 2 amide bonds. The van der Waals surface area contributed by atoms with Crippen molar-refractivity contribution in [3.05, 3.63) is 18.2 Å². The number of nitrogens with two attached hydrogens (primary N) is 1. The fraction of sp³-hybridized carbons (Fsp3) is 0.556. The van der Waals surface area contributed by atoms with Crippen LogP contribution < -0.4 is 5.73 Å². The van der Waals surface area contributed by atoms with Crippen LogP contribution in [0.15, 0.2) is 23.1 Å². The van der Waals surface area contributed by atoms with Crippen LogP contribution in [0.2, 0.25) is 0 Å². The Morgan fingerprint density at radius 3 is 2.55 bits per heavy atom. The third-order valence-electron chi connectivity index (χ3n) is 5.27. The Morgan fingerprint density at radius 1 is 1.24 bits per heavy atom. The molecule has 1 saturated heterocycles. The minimum Gasteiger partial charge on any atom is -0.369 e. The number of carbonyl (C=O) groups excluding carboxylic acids is 2. The SMILES string of the molecule is CN(C)S(=O)(=O)c1ccc2c(c1)nnn2CCCC(=O)N1CCC(C(N)=O)CC1. The van der Waals surface area contributed by atoms with E-state index in [2.05, 4.69) is 10.3 Å². The summed E-state index contributed by atoms with van der Waals surface area (Å²) in [7, 11) is -0.580. The number of aromatic nitrogens is 3. The molecule has 0 unspecified atom stereocenters. The maximum Gasteiger partial charge on any atom is 0.242 e. The summed E-state index contributed by atoms with van der Waals surface area (Å²) in [6, 6.07) is 4.72. The van der Waals surface area contributed by atoms with Gasteiger partial charge in [0, 0.05) is 46.1 Å². The molecule has 1 fully saturated rings. The van der Waals surface area contributed by atoms with Crippen LogP contribution in [0.4, 0.5) is 0 Å². The molecule has 0 bridgehead atoms. The highest BCUT2D eigenvalue weighted by atomic mass is 32.2. The van der Waals surface area contributed by atoms with Gasteiger partial charge in [-0.25, -0.2) is 17.4 Å². The molecule has 0 atom stereocenters. The van der Waals surface area contributed by atoms with E-state index >= 15 is 0 Å². The molecule has 2 aromatic rings. The second kappa shape index (κ2) is 8.46. The largest absolute Gasteiger partial charge is 0.369 e. The third-order valence-corrected chi connectivity index (χ3v) is 7.09. The zero-order valence-corrected chi connectivity index (χ0v) is 17.4. The molecule has 1 aromatic heterocycles. The van der Waals surface area contributed by atoms with Crippen LogP contribution in [-0.2, 0) is 26.2 Å². The zero-order valence-electron chi connectivity index (χ0n) is 16.6. The molecule has 2 N–H and O–H groups in total. The van der Waals surface area contributed by atoms with Gasteiger partial charge in [-0.15, -0.1) is 5.10 Å². The Bertz CT molecular complexity index is 1010. The first kappa shape index (κ1) is 21.2. The average molecular weight is 423 g/mol. The van der Waals surface area contributed by atoms with Gasteiger partial charge in [0.25, 0.3) is 0 Å². The number of hydrogen-bond acceptors (Lipinski definition) is 6. The third kappa shape index (κ3) is 4.56. The summed E-state index contributed by atoms with van der Waals surface area (Å²) < 4.78 is 27.3. The van der Waals surface area contributed by atoms with Gasteiger partial charge in [0.05, 0.1) is 10.4 Å². The first-order valence-corrected chi connectivity index (χ1v) is 11.0. The lowest BCUT2D eigenvalue weighted by atomic mass is 9.96. The monoisotopic (exact) mass is 422 g/mol. The molecule has 0 spiro atoms. The van der Waals surface area contributed by atoms with Crippen LogP contribution in [-0.4, -0.2) is 71.6 Å². The Balaban J connectivity index is 1.57. The van der Waals surface area contributed by atoms with Crippen LogP contribution in [0.5, 0.6) is 0 Å². The Labute approximate surface area is 169 Å². The summed E-state index contributed by atoms with van der Waals surface area (Å²) in [5.74, 6) is -0.379. The van der Waals surface area contributed by atoms with Gasteiger partial charge in [0.15, 0.2) is 0 Å². The zero-order chi connectivity index (χ0) is 21.2. The predicted molar refractivity (Wildman–Crippen MR) is 106 cm³/mol. The number of amides is 2. The lowest BCUT2D eigenvalue weighted by molar-refractivity contribution is -0.135. The van der Waals surface area contributed by atoms with Crippen LogP contribution in [0.25, 0.3) is 11.0 Å². The van der Waals surface area contributed by atoms with Gasteiger partial charge in [0.2, 0.25) is 21.8 Å². The minimum atomic E-state index is -3.53. The number of aryl methyl sites for hydroxylation is 1. The number of piperidine rings is 1. The van der Waals surface area contributed by atoms with E-state index in [1.165, 1.54) is 26.2 Å². The lowest BCUT2D eigenvalue weighted by Gasteiger charge is -2.30. The van der Waals surface area contributed by atoms with Crippen molar-refractivity contribution in [2.75, 3.05) is 27.2 Å². The fourth-order valence-corrected chi connectivity index (χ4v) is 4.36. The number of carbonyl (C=O) groups is 2. The van der Waals surface area contributed by atoms with Crippen LogP contribution in [0, 0.1) is 5.92 Å². The molecular formula is C18H26N6O4S. The van der Waals surface area contributed by atoms with Gasteiger partial charge >= 0.3 is 0 Å². The fourth-order valence-electron chi connectivity index (χ4n) is 3.44. The van der Waals surface area contributed by atoms with E-state index in [1.807, 2.05) is 0 Å². The van der Waals surface area contributed by atoms with Crippen molar-refractivity contribution in [1.29, 1.82) is 0 Å². The molecule has 10 nitrogen and oxygen atoms in total. The number of primary amides is 1. The maximum atomic E-state index is 12.4. The van der Waals surface area contributed by atoms with E-state index in [9.17, 15) is 18.0 Å². The van der Waals surface area contributed by atoms with Crippen LogP contribution in [0.3, 0.4) is 0 Å². The van der Waals surface area contributed by atoms with E-state index in [1.54, 1.807) is 15.6 Å². The maximum absolute atomic E-state index is 12.4. The molecule has 2 heterocycles. The van der Waals surface area contributed by atoms with Crippen molar-refractivity contribution in [2.24, 2.45) is 11.7 Å². The topological polar surface area (TPSA) is 131 Å². The summed E-state index contributed by atoms with van der Waals surface area (Å²) in [5.41, 5.74) is 6.54. The minimum absolute atomic E-state index is 0.0525. The molecule has 0 radical (unpaired) electrons.